The SMILES string of the molecule is COCc1ccc(C(=O)OC(C)c2nnc(-c3cccc(C)c3)o2)cc1. The molecule has 1 atom stereocenters. The van der Waals surface area contributed by atoms with Gasteiger partial charge in [0.25, 0.3) is 5.89 Å². The number of esters is 1. The molecule has 3 rings (SSSR count). The summed E-state index contributed by atoms with van der Waals surface area (Å²) < 4.78 is 16.1. The van der Waals surface area contributed by atoms with Crippen molar-refractivity contribution in [2.24, 2.45) is 0 Å². The molecule has 3 aromatic rings. The minimum absolute atomic E-state index is 0.255. The largest absolute Gasteiger partial charge is 0.449 e. The van der Waals surface area contributed by atoms with Crippen molar-refractivity contribution in [1.29, 1.82) is 0 Å². The van der Waals surface area contributed by atoms with Crippen LogP contribution in [0.4, 0.5) is 0 Å². The molecule has 134 valence electrons. The van der Waals surface area contributed by atoms with E-state index in [0.29, 0.717) is 18.1 Å². The molecule has 0 saturated carbocycles. The molecule has 0 aliphatic heterocycles. The summed E-state index contributed by atoms with van der Waals surface area (Å²) in [6.45, 7) is 4.18. The second-order valence-electron chi connectivity index (χ2n) is 5.99. The zero-order chi connectivity index (χ0) is 18.5. The zero-order valence-electron chi connectivity index (χ0n) is 14.9. The Morgan fingerprint density at radius 2 is 1.92 bits per heavy atom. The lowest BCUT2D eigenvalue weighted by Gasteiger charge is -2.09. The number of carbonyl (C=O) groups excluding carboxylic acids is 1. The number of aryl methyl sites for hydroxylation is 1. The smallest absolute Gasteiger partial charge is 0.338 e. The van der Waals surface area contributed by atoms with Gasteiger partial charge in [0.05, 0.1) is 12.2 Å². The van der Waals surface area contributed by atoms with E-state index in [1.165, 1.54) is 0 Å². The first-order chi connectivity index (χ1) is 12.6. The molecule has 1 aromatic heterocycles. The van der Waals surface area contributed by atoms with Crippen molar-refractivity contribution >= 4 is 5.97 Å². The molecule has 0 amide bonds. The summed E-state index contributed by atoms with van der Waals surface area (Å²) in [4.78, 5) is 12.3. The van der Waals surface area contributed by atoms with Crippen LogP contribution in [0.3, 0.4) is 0 Å². The van der Waals surface area contributed by atoms with Gasteiger partial charge in [-0.15, -0.1) is 10.2 Å². The van der Waals surface area contributed by atoms with E-state index in [1.807, 2.05) is 43.3 Å². The van der Waals surface area contributed by atoms with Gasteiger partial charge in [0.2, 0.25) is 5.89 Å². The van der Waals surface area contributed by atoms with Crippen LogP contribution in [0.25, 0.3) is 11.5 Å². The van der Waals surface area contributed by atoms with Crippen LogP contribution in [0.5, 0.6) is 0 Å². The Kier molecular flexibility index (Phi) is 5.43. The van der Waals surface area contributed by atoms with E-state index in [9.17, 15) is 4.79 Å². The molecule has 26 heavy (non-hydrogen) atoms. The average molecular weight is 352 g/mol. The summed E-state index contributed by atoms with van der Waals surface area (Å²) in [6.07, 6.45) is -0.646. The highest BCUT2D eigenvalue weighted by Crippen LogP contribution is 2.23. The van der Waals surface area contributed by atoms with Crippen molar-refractivity contribution in [3.8, 4) is 11.5 Å². The van der Waals surface area contributed by atoms with E-state index in [2.05, 4.69) is 10.2 Å². The van der Waals surface area contributed by atoms with Gasteiger partial charge in [-0.2, -0.15) is 0 Å². The van der Waals surface area contributed by atoms with Crippen molar-refractivity contribution in [3.63, 3.8) is 0 Å². The van der Waals surface area contributed by atoms with E-state index < -0.39 is 12.1 Å². The van der Waals surface area contributed by atoms with Gasteiger partial charge < -0.3 is 13.9 Å². The average Bonchev–Trinajstić information content (AvgIpc) is 3.13. The number of nitrogens with zero attached hydrogens (tertiary/aromatic N) is 2. The lowest BCUT2D eigenvalue weighted by Crippen LogP contribution is -2.09. The highest BCUT2D eigenvalue weighted by Gasteiger charge is 2.20. The molecule has 0 N–H and O–H groups in total. The van der Waals surface area contributed by atoms with Crippen LogP contribution in [0, 0.1) is 6.92 Å². The maximum atomic E-state index is 12.3. The number of methoxy groups -OCH3 is 1. The molecule has 0 spiro atoms. The first-order valence-corrected chi connectivity index (χ1v) is 8.26. The lowest BCUT2D eigenvalue weighted by atomic mass is 10.1. The third kappa shape index (κ3) is 4.15. The Morgan fingerprint density at radius 3 is 2.62 bits per heavy atom. The zero-order valence-corrected chi connectivity index (χ0v) is 14.9. The third-order valence-corrected chi connectivity index (χ3v) is 3.84. The molecule has 0 saturated heterocycles. The maximum absolute atomic E-state index is 12.3. The normalized spacial score (nSPS) is 12.0. The van der Waals surface area contributed by atoms with Gasteiger partial charge in [0, 0.05) is 12.7 Å². The van der Waals surface area contributed by atoms with Crippen LogP contribution in [0.15, 0.2) is 52.9 Å². The number of benzene rings is 2. The molecule has 0 aliphatic carbocycles. The van der Waals surface area contributed by atoms with Crippen molar-refractivity contribution in [1.82, 2.24) is 10.2 Å². The Bertz CT molecular complexity index is 887. The molecular weight excluding hydrogens is 332 g/mol. The number of hydrogen-bond donors (Lipinski definition) is 0. The van der Waals surface area contributed by atoms with Gasteiger partial charge in [0.1, 0.15) is 0 Å². The van der Waals surface area contributed by atoms with E-state index in [-0.39, 0.29) is 5.89 Å². The molecule has 0 radical (unpaired) electrons. The van der Waals surface area contributed by atoms with Crippen LogP contribution in [-0.2, 0) is 16.1 Å². The van der Waals surface area contributed by atoms with Crippen molar-refractivity contribution < 1.29 is 18.7 Å². The molecule has 6 nitrogen and oxygen atoms in total. The topological polar surface area (TPSA) is 74.5 Å². The molecule has 2 aromatic carbocycles. The molecule has 1 unspecified atom stereocenters. The highest BCUT2D eigenvalue weighted by molar-refractivity contribution is 5.89. The predicted octanol–water partition coefficient (Wildman–Crippen LogP) is 4.11. The van der Waals surface area contributed by atoms with Crippen LogP contribution in [0.2, 0.25) is 0 Å². The van der Waals surface area contributed by atoms with Gasteiger partial charge in [-0.05, 0) is 43.7 Å². The Morgan fingerprint density at radius 1 is 1.15 bits per heavy atom. The number of carbonyl (C=O) groups is 1. The van der Waals surface area contributed by atoms with Crippen molar-refractivity contribution in [2.45, 2.75) is 26.6 Å². The van der Waals surface area contributed by atoms with Crippen molar-refractivity contribution in [2.75, 3.05) is 7.11 Å². The fourth-order valence-corrected chi connectivity index (χ4v) is 2.48. The van der Waals surface area contributed by atoms with Gasteiger partial charge >= 0.3 is 5.97 Å². The minimum Gasteiger partial charge on any atom is -0.449 e. The van der Waals surface area contributed by atoms with Crippen LogP contribution >= 0.6 is 0 Å². The summed E-state index contributed by atoms with van der Waals surface area (Å²) >= 11 is 0. The summed E-state index contributed by atoms with van der Waals surface area (Å²) in [5.41, 5.74) is 3.36. The second kappa shape index (κ2) is 7.93. The van der Waals surface area contributed by atoms with Gasteiger partial charge in [-0.3, -0.25) is 0 Å². The summed E-state index contributed by atoms with van der Waals surface area (Å²) in [5, 5.41) is 8.04. The van der Waals surface area contributed by atoms with Crippen LogP contribution < -0.4 is 0 Å². The number of aromatic nitrogens is 2. The minimum atomic E-state index is -0.646. The summed E-state index contributed by atoms with van der Waals surface area (Å²) in [6, 6.07) is 14.8. The number of ether oxygens (including phenoxy) is 2. The van der Waals surface area contributed by atoms with Crippen molar-refractivity contribution in [3.05, 3.63) is 71.1 Å². The monoisotopic (exact) mass is 352 g/mol. The first kappa shape index (κ1) is 17.8. The van der Waals surface area contributed by atoms with Crippen LogP contribution in [-0.4, -0.2) is 23.3 Å². The summed E-state index contributed by atoms with van der Waals surface area (Å²) in [5.74, 6) is 0.207. The molecule has 0 bridgehead atoms. The molecule has 0 aliphatic rings. The Balaban J connectivity index is 1.68. The van der Waals surface area contributed by atoms with E-state index in [1.54, 1.807) is 26.2 Å². The first-order valence-electron chi connectivity index (χ1n) is 8.26. The number of hydrogen-bond acceptors (Lipinski definition) is 6. The number of rotatable bonds is 6. The maximum Gasteiger partial charge on any atom is 0.338 e. The van der Waals surface area contributed by atoms with E-state index >= 15 is 0 Å². The predicted molar refractivity (Wildman–Crippen MR) is 95.5 cm³/mol. The standard InChI is InChI=1S/C20H20N2O4/c1-13-5-4-6-17(11-13)19-22-21-18(26-19)14(2)25-20(23)16-9-7-15(8-10-16)12-24-3/h4-11,14H,12H2,1-3H3. The third-order valence-electron chi connectivity index (χ3n) is 3.84. The fourth-order valence-electron chi connectivity index (χ4n) is 2.48. The molecule has 6 heteroatoms. The van der Waals surface area contributed by atoms with E-state index in [4.69, 9.17) is 13.9 Å². The van der Waals surface area contributed by atoms with Gasteiger partial charge in [-0.25, -0.2) is 4.79 Å². The van der Waals surface area contributed by atoms with E-state index in [0.717, 1.165) is 16.7 Å². The second-order valence-corrected chi connectivity index (χ2v) is 5.99. The highest BCUT2D eigenvalue weighted by atomic mass is 16.6. The van der Waals surface area contributed by atoms with Gasteiger partial charge in [-0.1, -0.05) is 29.8 Å². The Labute approximate surface area is 151 Å². The lowest BCUT2D eigenvalue weighted by molar-refractivity contribution is 0.0280. The summed E-state index contributed by atoms with van der Waals surface area (Å²) in [7, 11) is 1.62. The molecular formula is C20H20N2O4. The fraction of sp³-hybridized carbons (Fsp3) is 0.250. The molecule has 0 fully saturated rings. The van der Waals surface area contributed by atoms with Gasteiger partial charge in [0.15, 0.2) is 6.10 Å². The quantitative estimate of drug-likeness (QED) is 0.622. The van der Waals surface area contributed by atoms with Crippen LogP contribution in [0.1, 0.15) is 40.4 Å². The Hall–Kier alpha value is -2.99. The molecule has 1 heterocycles.